The first-order valence-corrected chi connectivity index (χ1v) is 17.6. The Morgan fingerprint density at radius 1 is 0.415 bits per heavy atom. The summed E-state index contributed by atoms with van der Waals surface area (Å²) in [5.74, 6) is 2.72. The van der Waals surface area contributed by atoms with Gasteiger partial charge in [-0.2, -0.15) is 0 Å². The molecule has 0 unspecified atom stereocenters. The summed E-state index contributed by atoms with van der Waals surface area (Å²) >= 11 is 0. The Bertz CT molecular complexity index is 3100. The van der Waals surface area contributed by atoms with E-state index in [0.29, 0.717) is 17.5 Å². The van der Waals surface area contributed by atoms with Gasteiger partial charge in [-0.15, -0.1) is 0 Å². The van der Waals surface area contributed by atoms with Crippen LogP contribution < -0.4 is 0 Å². The van der Waals surface area contributed by atoms with Crippen molar-refractivity contribution in [3.63, 3.8) is 0 Å². The summed E-state index contributed by atoms with van der Waals surface area (Å²) in [4.78, 5) is 19.9. The summed E-state index contributed by atoms with van der Waals surface area (Å²) in [5, 5.41) is 2.23. The molecule has 0 aliphatic heterocycles. The van der Waals surface area contributed by atoms with Gasteiger partial charge in [-0.1, -0.05) is 115 Å². The van der Waals surface area contributed by atoms with Gasteiger partial charge in [0, 0.05) is 38.7 Å². The molecule has 53 heavy (non-hydrogen) atoms. The highest BCUT2D eigenvalue weighted by Gasteiger charge is 2.20. The van der Waals surface area contributed by atoms with Crippen molar-refractivity contribution >= 4 is 49.8 Å². The van der Waals surface area contributed by atoms with E-state index in [1.165, 1.54) is 0 Å². The molecule has 4 heterocycles. The van der Waals surface area contributed by atoms with E-state index in [1.54, 1.807) is 0 Å². The second kappa shape index (κ2) is 11.6. The number of nitrogens with zero attached hydrogens (tertiary/aromatic N) is 6. The quantitative estimate of drug-likeness (QED) is 0.181. The molecule has 0 amide bonds. The molecule has 0 N–H and O–H groups in total. The van der Waals surface area contributed by atoms with E-state index in [0.717, 1.165) is 83.3 Å². The van der Waals surface area contributed by atoms with Crippen LogP contribution in [0.5, 0.6) is 0 Å². The van der Waals surface area contributed by atoms with E-state index in [4.69, 9.17) is 24.4 Å². The zero-order chi connectivity index (χ0) is 34.9. The fraction of sp³-hybridized carbons (Fsp3) is 0. The Labute approximate surface area is 303 Å². The van der Waals surface area contributed by atoms with Crippen molar-refractivity contribution in [1.29, 1.82) is 0 Å². The fourth-order valence-electron chi connectivity index (χ4n) is 7.49. The van der Waals surface area contributed by atoms with Crippen molar-refractivity contribution in [3.8, 4) is 51.0 Å². The number of hydrogen-bond acceptors (Lipinski definition) is 5. The van der Waals surface area contributed by atoms with E-state index in [-0.39, 0.29) is 0 Å². The largest absolute Gasteiger partial charge is 0.455 e. The minimum Gasteiger partial charge on any atom is -0.455 e. The Balaban J connectivity index is 1.07. The third-order valence-electron chi connectivity index (χ3n) is 10.00. The van der Waals surface area contributed by atoms with Crippen LogP contribution in [0, 0.1) is 0 Å². The molecule has 7 nitrogen and oxygen atoms in total. The average molecular weight is 681 g/mol. The fourth-order valence-corrected chi connectivity index (χ4v) is 7.49. The molecule has 0 saturated carbocycles. The highest BCUT2D eigenvalue weighted by atomic mass is 16.3. The minimum absolute atomic E-state index is 0.614. The standard InChI is InChI=1S/C46H28N6O/c1-3-12-29(13-4-1)43-48-44(30-14-5-2-6-15-30)50-45(49-43)31-22-25-33(26-23-31)51-39-27-24-32(28-40(39)52-38-20-9-8-19-37(38)47-46(51)52)34-17-11-18-36-35-16-7-10-21-41(35)53-42(34)36/h1-28H. The molecule has 0 aliphatic rings. The van der Waals surface area contributed by atoms with Crippen LogP contribution >= 0.6 is 0 Å². The van der Waals surface area contributed by atoms with Crippen molar-refractivity contribution in [3.05, 3.63) is 170 Å². The predicted molar refractivity (Wildman–Crippen MR) is 212 cm³/mol. The monoisotopic (exact) mass is 680 g/mol. The molecule has 7 aromatic carbocycles. The van der Waals surface area contributed by atoms with Crippen molar-refractivity contribution in [1.82, 2.24) is 28.9 Å². The molecule has 0 saturated heterocycles. The van der Waals surface area contributed by atoms with Gasteiger partial charge >= 0.3 is 0 Å². The highest BCUT2D eigenvalue weighted by Crippen LogP contribution is 2.38. The normalized spacial score (nSPS) is 11.8. The van der Waals surface area contributed by atoms with E-state index in [2.05, 4.69) is 100.0 Å². The van der Waals surface area contributed by atoms with Gasteiger partial charge in [-0.3, -0.25) is 8.97 Å². The summed E-state index contributed by atoms with van der Waals surface area (Å²) in [6, 6.07) is 58.0. The molecule has 0 bridgehead atoms. The number of rotatable bonds is 5. The molecule has 7 heteroatoms. The second-order valence-corrected chi connectivity index (χ2v) is 13.1. The van der Waals surface area contributed by atoms with Gasteiger partial charge in [-0.25, -0.2) is 19.9 Å². The van der Waals surface area contributed by atoms with Crippen LogP contribution in [0.3, 0.4) is 0 Å². The number of fused-ring (bicyclic) bond motifs is 8. The molecule has 11 rings (SSSR count). The van der Waals surface area contributed by atoms with Gasteiger partial charge in [0.05, 0.1) is 22.1 Å². The molecule has 248 valence electrons. The summed E-state index contributed by atoms with van der Waals surface area (Å²) in [6.45, 7) is 0. The summed E-state index contributed by atoms with van der Waals surface area (Å²) in [5.41, 5.74) is 11.7. The van der Waals surface area contributed by atoms with Crippen LogP contribution in [0.2, 0.25) is 0 Å². The molecular formula is C46H28N6O. The van der Waals surface area contributed by atoms with E-state index < -0.39 is 0 Å². The first kappa shape index (κ1) is 29.4. The van der Waals surface area contributed by atoms with Gasteiger partial charge in [0.1, 0.15) is 11.2 Å². The maximum atomic E-state index is 6.44. The third-order valence-corrected chi connectivity index (χ3v) is 10.00. The van der Waals surface area contributed by atoms with Crippen molar-refractivity contribution in [2.45, 2.75) is 0 Å². The Morgan fingerprint density at radius 2 is 1.02 bits per heavy atom. The lowest BCUT2D eigenvalue weighted by Crippen LogP contribution is -2.00. The molecule has 4 aromatic heterocycles. The average Bonchev–Trinajstić information content (AvgIpc) is 3.90. The summed E-state index contributed by atoms with van der Waals surface area (Å²) in [7, 11) is 0. The number of imidazole rings is 2. The lowest BCUT2D eigenvalue weighted by Gasteiger charge is -2.10. The van der Waals surface area contributed by atoms with Crippen LogP contribution in [0.25, 0.3) is 101 Å². The van der Waals surface area contributed by atoms with Crippen molar-refractivity contribution < 1.29 is 4.42 Å². The van der Waals surface area contributed by atoms with Crippen LogP contribution in [-0.2, 0) is 0 Å². The van der Waals surface area contributed by atoms with Crippen LogP contribution in [0.4, 0.5) is 0 Å². The van der Waals surface area contributed by atoms with E-state index in [1.807, 2.05) is 78.9 Å². The third kappa shape index (κ3) is 4.68. The number of hydrogen-bond donors (Lipinski definition) is 0. The highest BCUT2D eigenvalue weighted by molar-refractivity contribution is 6.10. The summed E-state index contributed by atoms with van der Waals surface area (Å²) in [6.07, 6.45) is 0. The lowest BCUT2D eigenvalue weighted by molar-refractivity contribution is 0.670. The molecule has 0 fully saturated rings. The number of aromatic nitrogens is 6. The van der Waals surface area contributed by atoms with Crippen molar-refractivity contribution in [2.75, 3.05) is 0 Å². The Hall–Kier alpha value is -7.38. The van der Waals surface area contributed by atoms with Gasteiger partial charge < -0.3 is 4.42 Å². The van der Waals surface area contributed by atoms with Gasteiger partial charge in [-0.05, 0) is 60.2 Å². The van der Waals surface area contributed by atoms with E-state index in [9.17, 15) is 0 Å². The lowest BCUT2D eigenvalue weighted by atomic mass is 10.0. The van der Waals surface area contributed by atoms with Gasteiger partial charge in [0.25, 0.3) is 0 Å². The van der Waals surface area contributed by atoms with Gasteiger partial charge in [0.2, 0.25) is 5.78 Å². The Kier molecular flexibility index (Phi) is 6.42. The second-order valence-electron chi connectivity index (χ2n) is 13.1. The molecule has 0 aliphatic carbocycles. The molecule has 11 aromatic rings. The van der Waals surface area contributed by atoms with Crippen molar-refractivity contribution in [2.24, 2.45) is 0 Å². The number of para-hydroxylation sites is 4. The molecule has 0 spiro atoms. The predicted octanol–water partition coefficient (Wildman–Crippen LogP) is 11.2. The first-order chi connectivity index (χ1) is 26.3. The van der Waals surface area contributed by atoms with Crippen LogP contribution in [-0.4, -0.2) is 28.9 Å². The molecular weight excluding hydrogens is 653 g/mol. The zero-order valence-electron chi connectivity index (χ0n) is 28.3. The zero-order valence-corrected chi connectivity index (χ0v) is 28.3. The summed E-state index contributed by atoms with van der Waals surface area (Å²) < 4.78 is 10.9. The first-order valence-electron chi connectivity index (χ1n) is 17.6. The Morgan fingerprint density at radius 3 is 1.75 bits per heavy atom. The smallest absolute Gasteiger partial charge is 0.220 e. The topological polar surface area (TPSA) is 74.0 Å². The van der Waals surface area contributed by atoms with Crippen LogP contribution in [0.1, 0.15) is 0 Å². The SMILES string of the molecule is c1ccc(-c2nc(-c3ccccc3)nc(-c3ccc(-n4c5ccc(-c6cccc7c6oc6ccccc67)cc5n5c6ccccc6nc45)cc3)n2)cc1. The van der Waals surface area contributed by atoms with Crippen LogP contribution in [0.15, 0.2) is 174 Å². The molecule has 0 radical (unpaired) electrons. The van der Waals surface area contributed by atoms with Gasteiger partial charge in [0.15, 0.2) is 17.5 Å². The maximum Gasteiger partial charge on any atom is 0.220 e. The molecule has 0 atom stereocenters. The maximum absolute atomic E-state index is 6.44. The number of benzene rings is 7. The minimum atomic E-state index is 0.614. The number of furan rings is 1. The van der Waals surface area contributed by atoms with E-state index >= 15 is 0 Å².